The van der Waals surface area contributed by atoms with Gasteiger partial charge in [0.2, 0.25) is 6.79 Å². The van der Waals surface area contributed by atoms with Gasteiger partial charge in [-0.15, -0.1) is 0 Å². The van der Waals surface area contributed by atoms with Crippen molar-refractivity contribution >= 4 is 6.03 Å². The van der Waals surface area contributed by atoms with Crippen molar-refractivity contribution < 1.29 is 19.0 Å². The number of hydrogen-bond donors (Lipinski definition) is 2. The molecule has 2 aliphatic rings. The molecule has 0 radical (unpaired) electrons. The molecule has 2 amide bonds. The number of benzene rings is 1. The van der Waals surface area contributed by atoms with Gasteiger partial charge < -0.3 is 24.8 Å². The van der Waals surface area contributed by atoms with Crippen LogP contribution in [0.3, 0.4) is 0 Å². The fraction of sp³-hybridized carbons (Fsp3) is 0.500. The molecule has 0 saturated carbocycles. The van der Waals surface area contributed by atoms with Crippen molar-refractivity contribution in [3.63, 3.8) is 0 Å². The predicted molar refractivity (Wildman–Crippen MR) is 90.6 cm³/mol. The van der Waals surface area contributed by atoms with E-state index in [0.717, 1.165) is 12.2 Å². The summed E-state index contributed by atoms with van der Waals surface area (Å²) in [5.74, 6) is 2.12. The Balaban J connectivity index is 1.27. The van der Waals surface area contributed by atoms with Crippen molar-refractivity contribution in [1.29, 1.82) is 0 Å². The zero-order valence-electron chi connectivity index (χ0n) is 13.8. The van der Waals surface area contributed by atoms with Crippen LogP contribution in [0.4, 0.5) is 4.79 Å². The van der Waals surface area contributed by atoms with E-state index in [1.165, 1.54) is 31.3 Å². The number of allylic oxidation sites excluding steroid dienone is 1. The van der Waals surface area contributed by atoms with Crippen molar-refractivity contribution in [2.45, 2.75) is 32.1 Å². The maximum absolute atomic E-state index is 11.7. The maximum atomic E-state index is 11.7. The number of hydrogen-bond acceptors (Lipinski definition) is 4. The maximum Gasteiger partial charge on any atom is 0.314 e. The zero-order chi connectivity index (χ0) is 16.6. The van der Waals surface area contributed by atoms with E-state index < -0.39 is 0 Å². The van der Waals surface area contributed by atoms with Gasteiger partial charge in [-0.3, -0.25) is 0 Å². The molecule has 2 N–H and O–H groups in total. The lowest BCUT2D eigenvalue weighted by atomic mass is 9.97. The summed E-state index contributed by atoms with van der Waals surface area (Å²) in [6.07, 6.45) is 8.17. The molecule has 3 rings (SSSR count). The average Bonchev–Trinajstić information content (AvgIpc) is 3.07. The summed E-state index contributed by atoms with van der Waals surface area (Å²) in [4.78, 5) is 11.7. The van der Waals surface area contributed by atoms with Crippen molar-refractivity contribution in [2.24, 2.45) is 0 Å². The van der Waals surface area contributed by atoms with Crippen LogP contribution >= 0.6 is 0 Å². The first-order valence-electron chi connectivity index (χ1n) is 8.53. The van der Waals surface area contributed by atoms with Crippen molar-refractivity contribution in [1.82, 2.24) is 10.6 Å². The number of urea groups is 1. The molecule has 6 heteroatoms. The Morgan fingerprint density at radius 1 is 1.12 bits per heavy atom. The first-order valence-corrected chi connectivity index (χ1v) is 8.53. The molecule has 0 saturated heterocycles. The molecule has 0 unspecified atom stereocenters. The molecule has 1 aliphatic heterocycles. The highest BCUT2D eigenvalue weighted by Crippen LogP contribution is 2.34. The monoisotopic (exact) mass is 332 g/mol. The third-order valence-electron chi connectivity index (χ3n) is 4.12. The lowest BCUT2D eigenvalue weighted by Crippen LogP contribution is -2.38. The molecule has 1 heterocycles. The van der Waals surface area contributed by atoms with Crippen LogP contribution in [0.1, 0.15) is 32.1 Å². The summed E-state index contributed by atoms with van der Waals surface area (Å²) < 4.78 is 16.1. The Morgan fingerprint density at radius 2 is 2.00 bits per heavy atom. The minimum atomic E-state index is -0.152. The Bertz CT molecular complexity index is 601. The fourth-order valence-corrected chi connectivity index (χ4v) is 2.83. The first-order chi connectivity index (χ1) is 11.8. The van der Waals surface area contributed by atoms with Crippen molar-refractivity contribution in [3.8, 4) is 17.2 Å². The van der Waals surface area contributed by atoms with Crippen molar-refractivity contribution in [2.75, 3.05) is 26.5 Å². The second-order valence-corrected chi connectivity index (χ2v) is 5.90. The number of ether oxygens (including phenoxy) is 3. The van der Waals surface area contributed by atoms with Gasteiger partial charge in [-0.1, -0.05) is 11.6 Å². The van der Waals surface area contributed by atoms with E-state index in [-0.39, 0.29) is 12.8 Å². The Hall–Kier alpha value is -2.37. The van der Waals surface area contributed by atoms with Crippen LogP contribution < -0.4 is 24.8 Å². The fourth-order valence-electron chi connectivity index (χ4n) is 2.83. The van der Waals surface area contributed by atoms with Crippen LogP contribution in [-0.4, -0.2) is 32.5 Å². The van der Waals surface area contributed by atoms with Gasteiger partial charge in [0.05, 0.1) is 6.54 Å². The molecule has 1 aromatic rings. The topological polar surface area (TPSA) is 68.8 Å². The van der Waals surface area contributed by atoms with Crippen LogP contribution in [0, 0.1) is 0 Å². The van der Waals surface area contributed by atoms with Crippen LogP contribution in [0.5, 0.6) is 17.2 Å². The molecular formula is C18H24N2O4. The smallest absolute Gasteiger partial charge is 0.314 e. The second kappa shape index (κ2) is 8.47. The first kappa shape index (κ1) is 16.5. The highest BCUT2D eigenvalue weighted by molar-refractivity contribution is 5.73. The second-order valence-electron chi connectivity index (χ2n) is 5.90. The highest BCUT2D eigenvalue weighted by atomic mass is 16.7. The number of carbonyl (C=O) groups excluding carboxylic acids is 1. The lowest BCUT2D eigenvalue weighted by Gasteiger charge is -2.13. The van der Waals surface area contributed by atoms with Crippen LogP contribution in [0.25, 0.3) is 0 Å². The molecular weight excluding hydrogens is 308 g/mol. The molecule has 130 valence electrons. The quantitative estimate of drug-likeness (QED) is 0.595. The standard InChI is InChI=1S/C18H24N2O4/c21-18(19-9-8-14-4-2-1-3-5-14)20-10-11-22-15-6-7-16-17(12-15)24-13-23-16/h4,6-7,12H,1-3,5,8-11,13H2,(H2,19,20,21). The normalized spacial score (nSPS) is 15.6. The third-order valence-corrected chi connectivity index (χ3v) is 4.12. The van der Waals surface area contributed by atoms with Gasteiger partial charge in [0.15, 0.2) is 11.5 Å². The molecule has 0 aromatic heterocycles. The summed E-state index contributed by atoms with van der Waals surface area (Å²) in [6, 6.07) is 5.28. The van der Waals surface area contributed by atoms with Gasteiger partial charge in [0.25, 0.3) is 0 Å². The van der Waals surface area contributed by atoms with Gasteiger partial charge >= 0.3 is 6.03 Å². The zero-order valence-corrected chi connectivity index (χ0v) is 13.8. The average molecular weight is 332 g/mol. The summed E-state index contributed by atoms with van der Waals surface area (Å²) in [5.41, 5.74) is 1.47. The molecule has 0 atom stereocenters. The molecule has 1 aliphatic carbocycles. The van der Waals surface area contributed by atoms with E-state index in [4.69, 9.17) is 14.2 Å². The Labute approximate surface area is 142 Å². The molecule has 0 spiro atoms. The third kappa shape index (κ3) is 4.81. The van der Waals surface area contributed by atoms with Gasteiger partial charge in [-0.2, -0.15) is 0 Å². The van der Waals surface area contributed by atoms with Crippen LogP contribution in [-0.2, 0) is 0 Å². The Kier molecular flexibility index (Phi) is 5.82. The van der Waals surface area contributed by atoms with Gasteiger partial charge in [0.1, 0.15) is 12.4 Å². The van der Waals surface area contributed by atoms with Crippen LogP contribution in [0.2, 0.25) is 0 Å². The van der Waals surface area contributed by atoms with E-state index >= 15 is 0 Å². The van der Waals surface area contributed by atoms with E-state index in [2.05, 4.69) is 16.7 Å². The van der Waals surface area contributed by atoms with Gasteiger partial charge in [0, 0.05) is 12.6 Å². The summed E-state index contributed by atoms with van der Waals surface area (Å²) in [7, 11) is 0. The molecule has 1 aromatic carbocycles. The minimum absolute atomic E-state index is 0.152. The number of carbonyl (C=O) groups is 1. The molecule has 0 bridgehead atoms. The summed E-state index contributed by atoms with van der Waals surface area (Å²) in [6.45, 7) is 1.78. The number of rotatable bonds is 7. The molecule has 0 fully saturated rings. The molecule has 24 heavy (non-hydrogen) atoms. The largest absolute Gasteiger partial charge is 0.492 e. The SMILES string of the molecule is O=C(NCCOc1ccc2c(c1)OCO2)NCCC1=CCCCC1. The highest BCUT2D eigenvalue weighted by Gasteiger charge is 2.13. The number of nitrogens with one attached hydrogen (secondary N) is 2. The number of fused-ring (bicyclic) bond motifs is 1. The van der Waals surface area contributed by atoms with Crippen molar-refractivity contribution in [3.05, 3.63) is 29.8 Å². The van der Waals surface area contributed by atoms with Gasteiger partial charge in [-0.05, 0) is 44.2 Å². The summed E-state index contributed by atoms with van der Waals surface area (Å²) >= 11 is 0. The lowest BCUT2D eigenvalue weighted by molar-refractivity contribution is 0.173. The predicted octanol–water partition coefficient (Wildman–Crippen LogP) is 2.98. The summed E-state index contributed by atoms with van der Waals surface area (Å²) in [5, 5.41) is 5.67. The van der Waals surface area contributed by atoms with E-state index in [9.17, 15) is 4.79 Å². The molecule has 6 nitrogen and oxygen atoms in total. The van der Waals surface area contributed by atoms with Gasteiger partial charge in [-0.25, -0.2) is 4.79 Å². The van der Waals surface area contributed by atoms with E-state index in [1.807, 2.05) is 12.1 Å². The van der Waals surface area contributed by atoms with Crippen LogP contribution in [0.15, 0.2) is 29.8 Å². The van der Waals surface area contributed by atoms with E-state index in [0.29, 0.717) is 31.2 Å². The number of amides is 2. The minimum Gasteiger partial charge on any atom is -0.492 e. The van der Waals surface area contributed by atoms with E-state index in [1.54, 1.807) is 6.07 Å². The Morgan fingerprint density at radius 3 is 2.88 bits per heavy atom.